The van der Waals surface area contributed by atoms with Crippen LogP contribution in [0.4, 0.5) is 0 Å². The molecule has 1 unspecified atom stereocenters. The Kier molecular flexibility index (Phi) is 30.3. The molecule has 4 nitrogen and oxygen atoms in total. The van der Waals surface area contributed by atoms with Crippen molar-refractivity contribution in [2.75, 3.05) is 13.2 Å². The highest BCUT2D eigenvalue weighted by atomic mass is 31.2. The van der Waals surface area contributed by atoms with Gasteiger partial charge in [0.2, 0.25) is 0 Å². The van der Waals surface area contributed by atoms with E-state index in [2.05, 4.69) is 26.0 Å². The van der Waals surface area contributed by atoms with E-state index in [0.29, 0.717) is 13.2 Å². The largest absolute Gasteiger partial charge is 0.472 e. The standard InChI is InChI=1S/C32H65O4P/c1-3-5-7-9-11-13-15-17-18-19-20-22-24-26-28-30-32-36-37(33,34)35-31-29-27-25-23-21-16-14-12-10-8-6-4-2/h17-18H,3-16,19-32H2,1-2H3,(H,33,34)/b18-17+. The van der Waals surface area contributed by atoms with Crippen molar-refractivity contribution in [2.24, 2.45) is 0 Å². The van der Waals surface area contributed by atoms with Crippen LogP contribution in [0.2, 0.25) is 0 Å². The van der Waals surface area contributed by atoms with E-state index in [1.54, 1.807) is 0 Å². The molecule has 0 spiro atoms. The molecule has 1 N–H and O–H groups in total. The SMILES string of the molecule is CCCCCCCC/C=C/CCCCCCCCOP(=O)(O)OCCCCCCCCCCCCCC. The van der Waals surface area contributed by atoms with E-state index in [1.807, 2.05) is 0 Å². The molecule has 5 heteroatoms. The first-order valence-corrected chi connectivity index (χ1v) is 17.9. The summed E-state index contributed by atoms with van der Waals surface area (Å²) >= 11 is 0. The van der Waals surface area contributed by atoms with Gasteiger partial charge in [-0.3, -0.25) is 9.05 Å². The highest BCUT2D eigenvalue weighted by Gasteiger charge is 2.19. The fraction of sp³-hybridized carbons (Fsp3) is 0.938. The summed E-state index contributed by atoms with van der Waals surface area (Å²) in [6, 6.07) is 0. The fourth-order valence-corrected chi connectivity index (χ4v) is 5.48. The van der Waals surface area contributed by atoms with Gasteiger partial charge in [0, 0.05) is 0 Å². The van der Waals surface area contributed by atoms with Gasteiger partial charge in [-0.2, -0.15) is 0 Å². The van der Waals surface area contributed by atoms with Crippen LogP contribution in [0.5, 0.6) is 0 Å². The van der Waals surface area contributed by atoms with Crippen LogP contribution in [-0.4, -0.2) is 18.1 Å². The van der Waals surface area contributed by atoms with Crippen LogP contribution >= 0.6 is 7.82 Å². The summed E-state index contributed by atoms with van der Waals surface area (Å²) in [5, 5.41) is 0. The second kappa shape index (κ2) is 30.4. The molecule has 0 radical (unpaired) electrons. The Balaban J connectivity index is 3.32. The molecule has 0 bridgehead atoms. The smallest absolute Gasteiger partial charge is 0.302 e. The molecule has 0 rings (SSSR count). The van der Waals surface area contributed by atoms with E-state index in [0.717, 1.165) is 25.7 Å². The second-order valence-electron chi connectivity index (χ2n) is 11.0. The molecule has 37 heavy (non-hydrogen) atoms. The summed E-state index contributed by atoms with van der Waals surface area (Å²) in [7, 11) is -3.87. The number of hydrogen-bond acceptors (Lipinski definition) is 3. The first-order chi connectivity index (χ1) is 18.1. The zero-order valence-corrected chi connectivity index (χ0v) is 26.0. The monoisotopic (exact) mass is 544 g/mol. The third kappa shape index (κ3) is 32.0. The molecule has 0 saturated carbocycles. The van der Waals surface area contributed by atoms with Crippen LogP contribution in [0.15, 0.2) is 12.2 Å². The Morgan fingerprint density at radius 2 is 0.730 bits per heavy atom. The average Bonchev–Trinajstić information content (AvgIpc) is 2.88. The van der Waals surface area contributed by atoms with Crippen LogP contribution in [0.3, 0.4) is 0 Å². The minimum absolute atomic E-state index is 0.313. The maximum atomic E-state index is 12.0. The lowest BCUT2D eigenvalue weighted by Crippen LogP contribution is -1.99. The van der Waals surface area contributed by atoms with E-state index in [-0.39, 0.29) is 0 Å². The first-order valence-electron chi connectivity index (χ1n) is 16.4. The van der Waals surface area contributed by atoms with Crippen molar-refractivity contribution < 1.29 is 18.5 Å². The summed E-state index contributed by atoms with van der Waals surface area (Å²) in [6.45, 7) is 5.16. The summed E-state index contributed by atoms with van der Waals surface area (Å²) in [5.41, 5.74) is 0. The highest BCUT2D eigenvalue weighted by molar-refractivity contribution is 7.47. The quantitative estimate of drug-likeness (QED) is 0.0535. The van der Waals surface area contributed by atoms with Gasteiger partial charge < -0.3 is 4.89 Å². The van der Waals surface area contributed by atoms with Gasteiger partial charge in [0.05, 0.1) is 13.2 Å². The number of hydrogen-bond donors (Lipinski definition) is 1. The zero-order valence-electron chi connectivity index (χ0n) is 25.1. The zero-order chi connectivity index (χ0) is 27.1. The van der Waals surface area contributed by atoms with E-state index in [9.17, 15) is 9.46 Å². The number of rotatable bonds is 31. The lowest BCUT2D eigenvalue weighted by Gasteiger charge is -2.12. The molecule has 0 aromatic rings. The van der Waals surface area contributed by atoms with E-state index < -0.39 is 7.82 Å². The molecular weight excluding hydrogens is 479 g/mol. The van der Waals surface area contributed by atoms with E-state index in [4.69, 9.17) is 9.05 Å². The van der Waals surface area contributed by atoms with E-state index in [1.165, 1.54) is 141 Å². The predicted octanol–water partition coefficient (Wildman–Crippen LogP) is 11.9. The van der Waals surface area contributed by atoms with Gasteiger partial charge in [0.1, 0.15) is 0 Å². The minimum atomic E-state index is -3.87. The molecule has 0 fully saturated rings. The van der Waals surface area contributed by atoms with E-state index >= 15 is 0 Å². The highest BCUT2D eigenvalue weighted by Crippen LogP contribution is 2.43. The number of phosphoric acid groups is 1. The third-order valence-corrected chi connectivity index (χ3v) is 8.18. The fourth-order valence-electron chi connectivity index (χ4n) is 4.69. The molecule has 0 aliphatic carbocycles. The lowest BCUT2D eigenvalue weighted by molar-refractivity contribution is 0.145. The molecule has 1 atom stereocenters. The van der Waals surface area contributed by atoms with Crippen molar-refractivity contribution >= 4 is 7.82 Å². The molecule has 0 heterocycles. The second-order valence-corrected chi connectivity index (χ2v) is 12.4. The molecule has 0 amide bonds. The van der Waals surface area contributed by atoms with Crippen LogP contribution in [0, 0.1) is 0 Å². The number of unbranched alkanes of at least 4 members (excludes halogenated alkanes) is 23. The van der Waals surface area contributed by atoms with Crippen LogP contribution in [0.1, 0.15) is 181 Å². The maximum Gasteiger partial charge on any atom is 0.472 e. The molecule has 0 saturated heterocycles. The van der Waals surface area contributed by atoms with Gasteiger partial charge in [0.15, 0.2) is 0 Å². The van der Waals surface area contributed by atoms with Crippen molar-refractivity contribution in [3.8, 4) is 0 Å². The van der Waals surface area contributed by atoms with Crippen molar-refractivity contribution in [2.45, 2.75) is 181 Å². The van der Waals surface area contributed by atoms with Crippen molar-refractivity contribution in [1.82, 2.24) is 0 Å². The van der Waals surface area contributed by atoms with Gasteiger partial charge in [0.25, 0.3) is 0 Å². The minimum Gasteiger partial charge on any atom is -0.302 e. The Morgan fingerprint density at radius 1 is 0.459 bits per heavy atom. The molecule has 0 aromatic heterocycles. The first kappa shape index (κ1) is 36.8. The van der Waals surface area contributed by atoms with Crippen molar-refractivity contribution in [3.05, 3.63) is 12.2 Å². The summed E-state index contributed by atoms with van der Waals surface area (Å²) < 4.78 is 22.2. The Morgan fingerprint density at radius 3 is 1.05 bits per heavy atom. The topological polar surface area (TPSA) is 55.8 Å². The van der Waals surface area contributed by atoms with Crippen molar-refractivity contribution in [3.63, 3.8) is 0 Å². The maximum absolute atomic E-state index is 12.0. The summed E-state index contributed by atoms with van der Waals surface area (Å²) in [6.07, 6.45) is 37.4. The Labute approximate surface area is 232 Å². The average molecular weight is 545 g/mol. The summed E-state index contributed by atoms with van der Waals surface area (Å²) in [5.74, 6) is 0. The van der Waals surface area contributed by atoms with Crippen molar-refractivity contribution in [1.29, 1.82) is 0 Å². The predicted molar refractivity (Wildman–Crippen MR) is 162 cm³/mol. The van der Waals surface area contributed by atoms with Gasteiger partial charge in [-0.1, -0.05) is 154 Å². The molecular formula is C32H65O4P. The van der Waals surface area contributed by atoms with Gasteiger partial charge in [-0.25, -0.2) is 4.57 Å². The normalized spacial score (nSPS) is 13.5. The summed E-state index contributed by atoms with van der Waals surface area (Å²) in [4.78, 5) is 9.82. The number of allylic oxidation sites excluding steroid dienone is 2. The molecule has 0 aromatic carbocycles. The van der Waals surface area contributed by atoms with Crippen LogP contribution in [0.25, 0.3) is 0 Å². The van der Waals surface area contributed by atoms with Gasteiger partial charge in [-0.05, 0) is 38.5 Å². The Bertz CT molecular complexity index is 509. The van der Waals surface area contributed by atoms with Gasteiger partial charge >= 0.3 is 7.82 Å². The lowest BCUT2D eigenvalue weighted by atomic mass is 10.1. The molecule has 0 aliphatic rings. The van der Waals surface area contributed by atoms with Crippen LogP contribution < -0.4 is 0 Å². The molecule has 0 aliphatic heterocycles. The molecule has 222 valence electrons. The third-order valence-electron chi connectivity index (χ3n) is 7.16. The van der Waals surface area contributed by atoms with Crippen LogP contribution in [-0.2, 0) is 13.6 Å². The Hall–Kier alpha value is -0.150. The van der Waals surface area contributed by atoms with Gasteiger partial charge in [-0.15, -0.1) is 0 Å². The number of phosphoric ester groups is 1.